The minimum atomic E-state index is -0.307. The molecule has 0 saturated heterocycles. The van der Waals surface area contributed by atoms with Gasteiger partial charge in [-0.25, -0.2) is 0 Å². The van der Waals surface area contributed by atoms with Gasteiger partial charge >= 0.3 is 0 Å². The predicted octanol–water partition coefficient (Wildman–Crippen LogP) is 4.41. The maximum Gasteiger partial charge on any atom is 0.257 e. The fraction of sp³-hybridized carbons (Fsp3) is 0.250. The number of thiocarbonyl (C=S) groups is 1. The zero-order valence-electron chi connectivity index (χ0n) is 15.4. The lowest BCUT2D eigenvalue weighted by Gasteiger charge is -2.13. The second-order valence-corrected chi connectivity index (χ2v) is 7.50. The van der Waals surface area contributed by atoms with Crippen molar-refractivity contribution in [3.8, 4) is 0 Å². The third-order valence-corrected chi connectivity index (χ3v) is 5.09. The van der Waals surface area contributed by atoms with Crippen LogP contribution in [0.1, 0.15) is 46.5 Å². The van der Waals surface area contributed by atoms with Crippen LogP contribution in [0.15, 0.2) is 46.9 Å². The van der Waals surface area contributed by atoms with Gasteiger partial charge in [0.25, 0.3) is 11.8 Å². The molecule has 5 nitrogen and oxygen atoms in total. The number of halogens is 1. The van der Waals surface area contributed by atoms with Gasteiger partial charge in [-0.1, -0.05) is 35.0 Å². The summed E-state index contributed by atoms with van der Waals surface area (Å²) in [6.07, 6.45) is 0.856. The van der Waals surface area contributed by atoms with Gasteiger partial charge < -0.3 is 10.6 Å². The first kappa shape index (κ1) is 21.1. The summed E-state index contributed by atoms with van der Waals surface area (Å²) in [6, 6.07) is 12.4. The number of carbonyl (C=O) groups excluding carboxylic acids is 2. The monoisotopic (exact) mass is 447 g/mol. The smallest absolute Gasteiger partial charge is 0.257 e. The fourth-order valence-electron chi connectivity index (χ4n) is 2.22. The van der Waals surface area contributed by atoms with Crippen LogP contribution in [0.3, 0.4) is 0 Å². The quantitative estimate of drug-likeness (QED) is 0.593. The maximum absolute atomic E-state index is 12.3. The molecule has 0 spiro atoms. The van der Waals surface area contributed by atoms with Crippen LogP contribution in [0.25, 0.3) is 0 Å². The first-order chi connectivity index (χ1) is 12.8. The molecule has 0 aliphatic heterocycles. The molecular formula is C20H22BrN3O2S. The van der Waals surface area contributed by atoms with Crippen LogP contribution in [-0.4, -0.2) is 23.0 Å². The topological polar surface area (TPSA) is 70.2 Å². The van der Waals surface area contributed by atoms with E-state index in [1.54, 1.807) is 36.4 Å². The van der Waals surface area contributed by atoms with Crippen LogP contribution in [0.5, 0.6) is 0 Å². The van der Waals surface area contributed by atoms with E-state index in [1.807, 2.05) is 26.8 Å². The number of hydrogen-bond acceptors (Lipinski definition) is 3. The third kappa shape index (κ3) is 6.15. The van der Waals surface area contributed by atoms with Gasteiger partial charge in [-0.3, -0.25) is 14.9 Å². The second-order valence-electron chi connectivity index (χ2n) is 6.24. The van der Waals surface area contributed by atoms with Crippen molar-refractivity contribution < 1.29 is 9.59 Å². The number of rotatable bonds is 5. The van der Waals surface area contributed by atoms with E-state index in [0.717, 1.165) is 16.5 Å². The van der Waals surface area contributed by atoms with Crippen molar-refractivity contribution in [3.05, 3.63) is 63.6 Å². The molecular weight excluding hydrogens is 426 g/mol. The highest BCUT2D eigenvalue weighted by Crippen LogP contribution is 2.17. The Morgan fingerprint density at radius 1 is 1.11 bits per heavy atom. The van der Waals surface area contributed by atoms with Crippen LogP contribution in [-0.2, 0) is 0 Å². The summed E-state index contributed by atoms with van der Waals surface area (Å²) in [4.78, 5) is 24.5. The molecule has 7 heteroatoms. The zero-order chi connectivity index (χ0) is 20.0. The highest BCUT2D eigenvalue weighted by Gasteiger charge is 2.11. The SMILES string of the molecule is CCC(C)NC(=O)c1cccc(NC(=S)NC(=O)c2ccc(C)c(Br)c2)c1. The first-order valence-corrected chi connectivity index (χ1v) is 9.79. The van der Waals surface area contributed by atoms with Gasteiger partial charge in [0.05, 0.1) is 0 Å². The number of carbonyl (C=O) groups is 2. The summed E-state index contributed by atoms with van der Waals surface area (Å²) in [5, 5.41) is 8.66. The van der Waals surface area contributed by atoms with E-state index in [1.165, 1.54) is 0 Å². The van der Waals surface area contributed by atoms with Crippen LogP contribution in [0.4, 0.5) is 5.69 Å². The summed E-state index contributed by atoms with van der Waals surface area (Å²) in [5.74, 6) is -0.452. The van der Waals surface area contributed by atoms with E-state index < -0.39 is 0 Å². The minimum Gasteiger partial charge on any atom is -0.350 e. The first-order valence-electron chi connectivity index (χ1n) is 8.59. The van der Waals surface area contributed by atoms with Crippen LogP contribution in [0, 0.1) is 6.92 Å². The lowest BCUT2D eigenvalue weighted by atomic mass is 10.1. The Morgan fingerprint density at radius 2 is 1.81 bits per heavy atom. The molecule has 2 aromatic carbocycles. The summed E-state index contributed by atoms with van der Waals surface area (Å²) in [5.41, 5.74) is 2.69. The summed E-state index contributed by atoms with van der Waals surface area (Å²) in [6.45, 7) is 5.91. The molecule has 2 aromatic rings. The molecule has 0 aliphatic rings. The summed E-state index contributed by atoms with van der Waals surface area (Å²) >= 11 is 8.62. The molecule has 1 atom stereocenters. The Kier molecular flexibility index (Phi) is 7.50. The molecule has 142 valence electrons. The van der Waals surface area contributed by atoms with Crippen LogP contribution in [0.2, 0.25) is 0 Å². The molecule has 3 N–H and O–H groups in total. The Morgan fingerprint density at radius 3 is 2.48 bits per heavy atom. The Hall–Kier alpha value is -2.25. The molecule has 0 fully saturated rings. The van der Waals surface area contributed by atoms with Crippen molar-refractivity contribution in [2.24, 2.45) is 0 Å². The van der Waals surface area contributed by atoms with Gasteiger partial charge in [-0.2, -0.15) is 0 Å². The van der Waals surface area contributed by atoms with E-state index >= 15 is 0 Å². The molecule has 0 aliphatic carbocycles. The molecule has 0 saturated carbocycles. The Balaban J connectivity index is 2.01. The third-order valence-electron chi connectivity index (χ3n) is 4.03. The van der Waals surface area contributed by atoms with Gasteiger partial charge in [0.1, 0.15) is 0 Å². The minimum absolute atomic E-state index is 0.100. The number of nitrogens with one attached hydrogen (secondary N) is 3. The molecule has 2 rings (SSSR count). The molecule has 1 unspecified atom stereocenters. The standard InChI is InChI=1S/C20H22BrN3O2S/c1-4-13(3)22-18(25)14-6-5-7-16(10-14)23-20(27)24-19(26)15-9-8-12(2)17(21)11-15/h5-11,13H,4H2,1-3H3,(H,22,25)(H2,23,24,26,27). The average molecular weight is 448 g/mol. The van der Waals surface area contributed by atoms with Crippen molar-refractivity contribution in [2.45, 2.75) is 33.2 Å². The largest absolute Gasteiger partial charge is 0.350 e. The van der Waals surface area contributed by atoms with Gasteiger partial charge in [0.2, 0.25) is 0 Å². The number of amides is 2. The summed E-state index contributed by atoms with van der Waals surface area (Å²) in [7, 11) is 0. The van der Waals surface area contributed by atoms with E-state index in [-0.39, 0.29) is 23.0 Å². The normalized spacial score (nSPS) is 11.4. The number of anilines is 1. The number of benzene rings is 2. The molecule has 27 heavy (non-hydrogen) atoms. The van der Waals surface area contributed by atoms with Gasteiger partial charge in [0.15, 0.2) is 5.11 Å². The highest BCUT2D eigenvalue weighted by molar-refractivity contribution is 9.10. The fourth-order valence-corrected chi connectivity index (χ4v) is 2.81. The highest BCUT2D eigenvalue weighted by atomic mass is 79.9. The predicted molar refractivity (Wildman–Crippen MR) is 116 cm³/mol. The molecule has 2 amide bonds. The van der Waals surface area contributed by atoms with E-state index in [4.69, 9.17) is 12.2 Å². The van der Waals surface area contributed by atoms with E-state index in [0.29, 0.717) is 16.8 Å². The lowest BCUT2D eigenvalue weighted by Crippen LogP contribution is -2.34. The number of hydrogen-bond donors (Lipinski definition) is 3. The maximum atomic E-state index is 12.3. The Bertz CT molecular complexity index is 870. The summed E-state index contributed by atoms with van der Waals surface area (Å²) < 4.78 is 0.856. The van der Waals surface area contributed by atoms with Crippen molar-refractivity contribution in [1.82, 2.24) is 10.6 Å². The van der Waals surface area contributed by atoms with Crippen molar-refractivity contribution in [3.63, 3.8) is 0 Å². The van der Waals surface area contributed by atoms with E-state index in [2.05, 4.69) is 31.9 Å². The van der Waals surface area contributed by atoms with Crippen LogP contribution >= 0.6 is 28.1 Å². The van der Waals surface area contributed by atoms with Gasteiger partial charge in [-0.05, 0) is 68.4 Å². The van der Waals surface area contributed by atoms with Crippen molar-refractivity contribution in [1.29, 1.82) is 0 Å². The molecule has 0 bridgehead atoms. The van der Waals surface area contributed by atoms with Crippen LogP contribution < -0.4 is 16.0 Å². The Labute approximate surface area is 173 Å². The van der Waals surface area contributed by atoms with Gasteiger partial charge in [-0.15, -0.1) is 0 Å². The second kappa shape index (κ2) is 9.62. The van der Waals surface area contributed by atoms with Crippen molar-refractivity contribution in [2.75, 3.05) is 5.32 Å². The molecule has 0 heterocycles. The zero-order valence-corrected chi connectivity index (χ0v) is 17.8. The average Bonchev–Trinajstić information content (AvgIpc) is 2.63. The van der Waals surface area contributed by atoms with Gasteiger partial charge in [0, 0.05) is 27.3 Å². The van der Waals surface area contributed by atoms with E-state index in [9.17, 15) is 9.59 Å². The molecule has 0 radical (unpaired) electrons. The van der Waals surface area contributed by atoms with Crippen molar-refractivity contribution >= 4 is 50.8 Å². The number of aryl methyl sites for hydroxylation is 1. The lowest BCUT2D eigenvalue weighted by molar-refractivity contribution is 0.0937. The molecule has 0 aromatic heterocycles.